The molecule has 0 bridgehead atoms. The summed E-state index contributed by atoms with van der Waals surface area (Å²) in [4.78, 5) is 0. The lowest BCUT2D eigenvalue weighted by Gasteiger charge is -1.76. The number of hydrogen-bond acceptors (Lipinski definition) is 4. The molecule has 0 aliphatic heterocycles. The van der Waals surface area contributed by atoms with Crippen LogP contribution in [0.2, 0.25) is 0 Å². The van der Waals surface area contributed by atoms with Gasteiger partial charge in [-0.05, 0) is 10.4 Å². The largest absolute Gasteiger partial charge is 0.303 e. The van der Waals surface area contributed by atoms with E-state index in [0.29, 0.717) is 0 Å². The molecule has 0 saturated heterocycles. The van der Waals surface area contributed by atoms with Gasteiger partial charge in [0.25, 0.3) is 0 Å². The molecule has 0 spiro atoms. The van der Waals surface area contributed by atoms with Crippen molar-refractivity contribution in [2.24, 2.45) is 32.6 Å². The molecular weight excluding hydrogens is 98.0 g/mol. The molecule has 7 heavy (non-hydrogen) atoms. The first-order valence-corrected chi connectivity index (χ1v) is 1.36. The van der Waals surface area contributed by atoms with Gasteiger partial charge in [0, 0.05) is 0 Å². The van der Waals surface area contributed by atoms with Crippen molar-refractivity contribution in [3.63, 3.8) is 0 Å². The van der Waals surface area contributed by atoms with Crippen LogP contribution >= 0.6 is 0 Å². The summed E-state index contributed by atoms with van der Waals surface area (Å²) in [6.07, 6.45) is 0. The van der Waals surface area contributed by atoms with Crippen molar-refractivity contribution >= 4 is 0 Å². The van der Waals surface area contributed by atoms with Crippen molar-refractivity contribution in [1.29, 1.82) is 0 Å². The third kappa shape index (κ3) is 4.60. The van der Waals surface area contributed by atoms with Gasteiger partial charge in [0.15, 0.2) is 0 Å². The monoisotopic (exact) mass is 103 g/mol. The highest BCUT2D eigenvalue weighted by Crippen LogP contribution is 1.57. The summed E-state index contributed by atoms with van der Waals surface area (Å²) in [5.41, 5.74) is 1.95. The second-order valence-electron chi connectivity index (χ2n) is 0.531. The van der Waals surface area contributed by atoms with Crippen molar-refractivity contribution in [3.05, 3.63) is 0 Å². The van der Waals surface area contributed by atoms with Crippen molar-refractivity contribution in [2.45, 2.75) is 0 Å². The number of nitrogens with zero attached hydrogens (tertiary/aromatic N) is 4. The van der Waals surface area contributed by atoms with E-state index >= 15 is 0 Å². The molecule has 0 aromatic carbocycles. The molecule has 0 heterocycles. The van der Waals surface area contributed by atoms with Crippen LogP contribution in [0, 0.1) is 0 Å². The van der Waals surface area contributed by atoms with Gasteiger partial charge in [0.2, 0.25) is 0 Å². The molecule has 0 radical (unpaired) electrons. The lowest BCUT2D eigenvalue weighted by Crippen LogP contribution is -1.93. The van der Waals surface area contributed by atoms with Gasteiger partial charge in [-0.3, -0.25) is 0 Å². The summed E-state index contributed by atoms with van der Waals surface area (Å²) in [5, 5.41) is 11.5. The Bertz CT molecular complexity index is 58.1. The van der Waals surface area contributed by atoms with E-state index in [1.807, 2.05) is 5.53 Å². The standard InChI is InChI=1S/H5N7/c1-3-5-7-6-4-2/h(H,3,4,7)(H4,1,2,5,6). The molecule has 0 atom stereocenters. The molecule has 0 saturated carbocycles. The second-order valence-corrected chi connectivity index (χ2v) is 0.531. The Morgan fingerprint density at radius 3 is 1.71 bits per heavy atom. The van der Waals surface area contributed by atoms with E-state index in [9.17, 15) is 0 Å². The Labute approximate surface area is 39.4 Å². The zero-order chi connectivity index (χ0) is 5.54. The third-order valence-corrected chi connectivity index (χ3v) is 0.205. The van der Waals surface area contributed by atoms with E-state index in [4.69, 9.17) is 0 Å². The topological polar surface area (TPSA) is 114 Å². The maximum Gasteiger partial charge on any atom is -0.0325 e. The molecule has 0 rings (SSSR count). The number of hydrogen-bond donors (Lipinski definition) is 3. The summed E-state index contributed by atoms with van der Waals surface area (Å²) < 4.78 is 0. The summed E-state index contributed by atoms with van der Waals surface area (Å²) in [6.45, 7) is 0. The van der Waals surface area contributed by atoms with E-state index < -0.39 is 0 Å². The average molecular weight is 103 g/mol. The fourth-order valence-electron chi connectivity index (χ4n) is 0.0716. The highest BCUT2D eigenvalue weighted by molar-refractivity contribution is 4.01. The van der Waals surface area contributed by atoms with Gasteiger partial charge in [0.05, 0.1) is 0 Å². The van der Waals surface area contributed by atoms with Crippen LogP contribution in [-0.2, 0) is 0 Å². The first kappa shape index (κ1) is 5.60. The molecule has 0 aromatic heterocycles. The van der Waals surface area contributed by atoms with Gasteiger partial charge >= 0.3 is 0 Å². The van der Waals surface area contributed by atoms with Gasteiger partial charge in [-0.25, -0.2) is 0 Å². The molecule has 7 heteroatoms. The molecule has 0 aromatic rings. The Hall–Kier alpha value is -1.40. The number of nitrogens with one attached hydrogen (secondary N) is 1. The van der Waals surface area contributed by atoms with Crippen LogP contribution in [0.15, 0.2) is 20.9 Å². The van der Waals surface area contributed by atoms with Crippen molar-refractivity contribution in [2.75, 3.05) is 0 Å². The van der Waals surface area contributed by atoms with E-state index in [0.717, 1.165) is 0 Å². The lowest BCUT2D eigenvalue weighted by molar-refractivity contribution is 0.665. The fourth-order valence-corrected chi connectivity index (χ4v) is 0.0716. The van der Waals surface area contributed by atoms with Gasteiger partial charge in [-0.2, -0.15) is 5.53 Å². The first-order valence-electron chi connectivity index (χ1n) is 1.36. The minimum atomic E-state index is 1.95. The van der Waals surface area contributed by atoms with Gasteiger partial charge in [0.1, 0.15) is 0 Å². The summed E-state index contributed by atoms with van der Waals surface area (Å²) in [7, 11) is 0. The van der Waals surface area contributed by atoms with Crippen LogP contribution in [0.3, 0.4) is 0 Å². The molecule has 5 N–H and O–H groups in total. The van der Waals surface area contributed by atoms with Gasteiger partial charge < -0.3 is 11.7 Å². The van der Waals surface area contributed by atoms with Crippen LogP contribution in [0.4, 0.5) is 0 Å². The highest BCUT2D eigenvalue weighted by Gasteiger charge is 1.58. The quantitative estimate of drug-likeness (QED) is 0.238. The van der Waals surface area contributed by atoms with Crippen molar-refractivity contribution in [3.8, 4) is 0 Å². The Balaban J connectivity index is 2.98. The molecule has 0 fully saturated rings. The van der Waals surface area contributed by atoms with Gasteiger partial charge in [-0.1, -0.05) is 10.4 Å². The predicted octanol–water partition coefficient (Wildman–Crippen LogP) is -0.942. The predicted molar refractivity (Wildman–Crippen MR) is 21.2 cm³/mol. The Morgan fingerprint density at radius 2 is 1.43 bits per heavy atom. The normalized spacial score (nSPS) is 10.9. The van der Waals surface area contributed by atoms with Crippen LogP contribution in [0.5, 0.6) is 0 Å². The van der Waals surface area contributed by atoms with E-state index in [1.54, 1.807) is 0 Å². The van der Waals surface area contributed by atoms with Crippen LogP contribution in [0.1, 0.15) is 0 Å². The van der Waals surface area contributed by atoms with Crippen LogP contribution in [0.25, 0.3) is 0 Å². The molecule has 40 valence electrons. The molecule has 0 amide bonds. The highest BCUT2D eigenvalue weighted by atomic mass is 15.7. The SMILES string of the molecule is NN=NNN=NN. The van der Waals surface area contributed by atoms with E-state index in [-0.39, 0.29) is 0 Å². The fraction of sp³-hybridized carbons (Fsp3) is 0. The molecule has 0 unspecified atom stereocenters. The van der Waals surface area contributed by atoms with Crippen LogP contribution < -0.4 is 17.2 Å². The Morgan fingerprint density at radius 1 is 1.00 bits per heavy atom. The summed E-state index contributed by atoms with van der Waals surface area (Å²) >= 11 is 0. The molecular formula is H5N7. The van der Waals surface area contributed by atoms with Crippen molar-refractivity contribution in [1.82, 2.24) is 5.53 Å². The molecule has 7 nitrogen and oxygen atoms in total. The average Bonchev–Trinajstić information content (AvgIpc) is 1.69. The molecule has 0 aliphatic rings. The Kier molecular flexibility index (Phi) is 3.68. The third-order valence-electron chi connectivity index (χ3n) is 0.205. The van der Waals surface area contributed by atoms with E-state index in [2.05, 4.69) is 32.6 Å². The zero-order valence-corrected chi connectivity index (χ0v) is 3.44. The first-order chi connectivity index (χ1) is 3.41. The smallest absolute Gasteiger partial charge is 0.0325 e. The maximum absolute atomic E-state index is 4.52. The van der Waals surface area contributed by atoms with Gasteiger partial charge in [-0.15, -0.1) is 0 Å². The number of nitrogens with two attached hydrogens (primary N) is 2. The zero-order valence-electron chi connectivity index (χ0n) is 3.44. The van der Waals surface area contributed by atoms with Crippen molar-refractivity contribution < 1.29 is 0 Å². The second kappa shape index (κ2) is 4.60. The maximum atomic E-state index is 4.52. The van der Waals surface area contributed by atoms with E-state index in [1.165, 1.54) is 0 Å². The minimum absolute atomic E-state index is 1.95. The summed E-state index contributed by atoms with van der Waals surface area (Å²) in [6, 6.07) is 0. The minimum Gasteiger partial charge on any atom is -0.303 e. The van der Waals surface area contributed by atoms with Crippen LogP contribution in [-0.4, -0.2) is 0 Å². The summed E-state index contributed by atoms with van der Waals surface area (Å²) in [5.74, 6) is 9.05. The number of rotatable bonds is 2. The molecule has 0 aliphatic carbocycles. The lowest BCUT2D eigenvalue weighted by atomic mass is 12.3.